The fourth-order valence-electron chi connectivity index (χ4n) is 2.19. The van der Waals surface area contributed by atoms with Crippen molar-refractivity contribution in [2.45, 2.75) is 0 Å². The third-order valence-electron chi connectivity index (χ3n) is 3.43. The number of aryl methyl sites for hydroxylation is 2. The molecule has 0 aliphatic carbocycles. The summed E-state index contributed by atoms with van der Waals surface area (Å²) in [4.78, 5) is 24.5. The zero-order valence-electron chi connectivity index (χ0n) is 13.5. The van der Waals surface area contributed by atoms with Gasteiger partial charge in [0.1, 0.15) is 5.82 Å². The SMILES string of the molecule is Cn1ccc(NC(=O)c2cc(NC(=O)c3ccccc3Cl)n(C)n2)n1. The van der Waals surface area contributed by atoms with Crippen LogP contribution in [0.2, 0.25) is 5.02 Å². The van der Waals surface area contributed by atoms with E-state index in [2.05, 4.69) is 20.8 Å². The molecule has 0 atom stereocenters. The third kappa shape index (κ3) is 3.69. The minimum Gasteiger partial charge on any atom is -0.307 e. The smallest absolute Gasteiger partial charge is 0.277 e. The molecule has 0 fully saturated rings. The quantitative estimate of drug-likeness (QED) is 0.748. The van der Waals surface area contributed by atoms with E-state index in [1.54, 1.807) is 55.3 Å². The normalized spacial score (nSPS) is 10.5. The fourth-order valence-corrected chi connectivity index (χ4v) is 2.41. The number of halogens is 1. The first-order chi connectivity index (χ1) is 11.9. The van der Waals surface area contributed by atoms with Crippen LogP contribution in [0, 0.1) is 0 Å². The summed E-state index contributed by atoms with van der Waals surface area (Å²) in [5, 5.41) is 13.8. The van der Waals surface area contributed by atoms with Gasteiger partial charge in [-0.1, -0.05) is 23.7 Å². The topological polar surface area (TPSA) is 93.8 Å². The van der Waals surface area contributed by atoms with Gasteiger partial charge in [0.05, 0.1) is 10.6 Å². The lowest BCUT2D eigenvalue weighted by molar-refractivity contribution is 0.101. The first-order valence-electron chi connectivity index (χ1n) is 7.35. The van der Waals surface area contributed by atoms with E-state index < -0.39 is 5.91 Å². The van der Waals surface area contributed by atoms with Gasteiger partial charge in [-0.15, -0.1) is 0 Å². The first-order valence-corrected chi connectivity index (χ1v) is 7.73. The van der Waals surface area contributed by atoms with Crippen LogP contribution < -0.4 is 10.6 Å². The van der Waals surface area contributed by atoms with Gasteiger partial charge < -0.3 is 10.6 Å². The van der Waals surface area contributed by atoms with E-state index in [0.717, 1.165) is 0 Å². The molecular weight excluding hydrogens is 344 g/mol. The van der Waals surface area contributed by atoms with Gasteiger partial charge in [-0.2, -0.15) is 10.2 Å². The Balaban J connectivity index is 1.75. The number of carbonyl (C=O) groups is 2. The van der Waals surface area contributed by atoms with Crippen molar-refractivity contribution in [1.29, 1.82) is 0 Å². The maximum absolute atomic E-state index is 12.3. The van der Waals surface area contributed by atoms with Crippen molar-refractivity contribution in [3.63, 3.8) is 0 Å². The lowest BCUT2D eigenvalue weighted by atomic mass is 10.2. The van der Waals surface area contributed by atoms with E-state index in [0.29, 0.717) is 22.2 Å². The molecule has 128 valence electrons. The predicted molar refractivity (Wildman–Crippen MR) is 93.8 cm³/mol. The summed E-state index contributed by atoms with van der Waals surface area (Å²) in [6.07, 6.45) is 1.71. The Kier molecular flexibility index (Phi) is 4.53. The van der Waals surface area contributed by atoms with Gasteiger partial charge >= 0.3 is 0 Å². The summed E-state index contributed by atoms with van der Waals surface area (Å²) in [7, 11) is 3.37. The Morgan fingerprint density at radius 3 is 2.48 bits per heavy atom. The Labute approximate surface area is 148 Å². The molecule has 0 spiro atoms. The van der Waals surface area contributed by atoms with E-state index >= 15 is 0 Å². The number of rotatable bonds is 4. The number of carbonyl (C=O) groups excluding carboxylic acids is 2. The minimum absolute atomic E-state index is 0.155. The molecule has 2 heterocycles. The molecule has 0 aliphatic heterocycles. The van der Waals surface area contributed by atoms with Crippen molar-refractivity contribution in [3.8, 4) is 0 Å². The van der Waals surface area contributed by atoms with Crippen LogP contribution in [-0.2, 0) is 14.1 Å². The molecule has 3 aromatic rings. The summed E-state index contributed by atoms with van der Waals surface area (Å²) < 4.78 is 2.98. The number of hydrogen-bond donors (Lipinski definition) is 2. The Hall–Kier alpha value is -3.13. The number of aromatic nitrogens is 4. The number of hydrogen-bond acceptors (Lipinski definition) is 4. The van der Waals surface area contributed by atoms with Crippen LogP contribution in [0.15, 0.2) is 42.6 Å². The zero-order chi connectivity index (χ0) is 18.0. The van der Waals surface area contributed by atoms with Crippen molar-refractivity contribution in [1.82, 2.24) is 19.6 Å². The second-order valence-electron chi connectivity index (χ2n) is 5.30. The molecule has 0 saturated carbocycles. The molecule has 2 amide bonds. The average molecular weight is 359 g/mol. The van der Waals surface area contributed by atoms with Gasteiger partial charge in [0, 0.05) is 32.4 Å². The van der Waals surface area contributed by atoms with Gasteiger partial charge in [0.25, 0.3) is 11.8 Å². The summed E-state index contributed by atoms with van der Waals surface area (Å²) >= 11 is 6.02. The highest BCUT2D eigenvalue weighted by Crippen LogP contribution is 2.18. The molecule has 8 nitrogen and oxygen atoms in total. The summed E-state index contributed by atoms with van der Waals surface area (Å²) in [5.74, 6) is -0.0197. The molecule has 1 aromatic carbocycles. The van der Waals surface area contributed by atoms with Crippen molar-refractivity contribution in [2.75, 3.05) is 10.6 Å². The Bertz CT molecular complexity index is 946. The molecule has 0 radical (unpaired) electrons. The standard InChI is InChI=1S/C16H15ClN6O2/c1-22-8-7-13(21-22)18-16(25)12-9-14(23(2)20-12)19-15(24)10-5-3-4-6-11(10)17/h3-9H,1-2H3,(H,19,24)(H,18,21,25). The first kappa shape index (κ1) is 16.7. The molecule has 0 aliphatic rings. The maximum atomic E-state index is 12.3. The van der Waals surface area contributed by atoms with Gasteiger partial charge in [0.15, 0.2) is 11.5 Å². The van der Waals surface area contributed by atoms with Crippen molar-refractivity contribution < 1.29 is 9.59 Å². The van der Waals surface area contributed by atoms with E-state index in [1.165, 1.54) is 10.7 Å². The van der Waals surface area contributed by atoms with E-state index in [9.17, 15) is 9.59 Å². The Morgan fingerprint density at radius 2 is 1.80 bits per heavy atom. The Morgan fingerprint density at radius 1 is 1.04 bits per heavy atom. The number of benzene rings is 1. The third-order valence-corrected chi connectivity index (χ3v) is 3.76. The molecule has 2 aromatic heterocycles. The molecule has 0 bridgehead atoms. The van der Waals surface area contributed by atoms with Crippen molar-refractivity contribution >= 4 is 35.1 Å². The van der Waals surface area contributed by atoms with Crippen LogP contribution >= 0.6 is 11.6 Å². The monoisotopic (exact) mass is 358 g/mol. The molecule has 0 unspecified atom stereocenters. The molecule has 2 N–H and O–H groups in total. The largest absolute Gasteiger partial charge is 0.307 e. The van der Waals surface area contributed by atoms with Crippen molar-refractivity contribution in [2.24, 2.45) is 14.1 Å². The van der Waals surface area contributed by atoms with Crippen LogP contribution in [-0.4, -0.2) is 31.4 Å². The molecule has 0 saturated heterocycles. The van der Waals surface area contributed by atoms with E-state index in [1.807, 2.05) is 0 Å². The molecular formula is C16H15ClN6O2. The van der Waals surface area contributed by atoms with Gasteiger partial charge in [-0.25, -0.2) is 0 Å². The molecule has 3 rings (SSSR count). The number of nitrogens with zero attached hydrogens (tertiary/aromatic N) is 4. The number of anilines is 2. The van der Waals surface area contributed by atoms with E-state index in [-0.39, 0.29) is 11.6 Å². The maximum Gasteiger partial charge on any atom is 0.277 e. The molecule has 9 heteroatoms. The van der Waals surface area contributed by atoms with Crippen LogP contribution in [0.4, 0.5) is 11.6 Å². The zero-order valence-corrected chi connectivity index (χ0v) is 14.3. The summed E-state index contributed by atoms with van der Waals surface area (Å²) in [6.45, 7) is 0. The second-order valence-corrected chi connectivity index (χ2v) is 5.71. The highest BCUT2D eigenvalue weighted by molar-refractivity contribution is 6.34. The van der Waals surface area contributed by atoms with Crippen LogP contribution in [0.3, 0.4) is 0 Å². The van der Waals surface area contributed by atoms with Gasteiger partial charge in [-0.05, 0) is 12.1 Å². The lowest BCUT2D eigenvalue weighted by Gasteiger charge is -2.06. The second kappa shape index (κ2) is 6.78. The van der Waals surface area contributed by atoms with Crippen LogP contribution in [0.1, 0.15) is 20.8 Å². The lowest BCUT2D eigenvalue weighted by Crippen LogP contribution is -2.14. The summed E-state index contributed by atoms with van der Waals surface area (Å²) in [6, 6.07) is 9.85. The van der Waals surface area contributed by atoms with Crippen molar-refractivity contribution in [3.05, 3.63) is 58.9 Å². The highest BCUT2D eigenvalue weighted by Gasteiger charge is 2.17. The predicted octanol–water partition coefficient (Wildman–Crippen LogP) is 2.31. The van der Waals surface area contributed by atoms with Crippen LogP contribution in [0.5, 0.6) is 0 Å². The van der Waals surface area contributed by atoms with Gasteiger partial charge in [0.2, 0.25) is 0 Å². The highest BCUT2D eigenvalue weighted by atomic mass is 35.5. The van der Waals surface area contributed by atoms with E-state index in [4.69, 9.17) is 11.6 Å². The van der Waals surface area contributed by atoms with Gasteiger partial charge in [-0.3, -0.25) is 19.0 Å². The number of amides is 2. The summed E-state index contributed by atoms with van der Waals surface area (Å²) in [5.41, 5.74) is 0.493. The molecule has 25 heavy (non-hydrogen) atoms. The average Bonchev–Trinajstić information content (AvgIpc) is 3.14. The fraction of sp³-hybridized carbons (Fsp3) is 0.125. The number of nitrogens with one attached hydrogen (secondary N) is 2. The van der Waals surface area contributed by atoms with Crippen LogP contribution in [0.25, 0.3) is 0 Å². The minimum atomic E-state index is -0.424.